The summed E-state index contributed by atoms with van der Waals surface area (Å²) in [6.07, 6.45) is -2.93. The smallest absolute Gasteiger partial charge is 0.411 e. The molecule has 1 amide bonds. The molecule has 0 aliphatic heterocycles. The van der Waals surface area contributed by atoms with Crippen LogP contribution in [0.4, 0.5) is 19.2 Å². The van der Waals surface area contributed by atoms with Crippen LogP contribution in [0.3, 0.4) is 0 Å². The number of carbonyl (C=O) groups is 1. The van der Waals surface area contributed by atoms with Crippen molar-refractivity contribution in [2.45, 2.75) is 11.3 Å². The zero-order valence-electron chi connectivity index (χ0n) is 11.2. The second-order valence-electron chi connectivity index (χ2n) is 3.95. The molecule has 0 radical (unpaired) electrons. The Labute approximate surface area is 134 Å². The SMILES string of the molecule is CS(=O)c1c(OC(F)(F)F)ccc(C(=O)Nc2nnco2)c1Cl. The molecule has 1 unspecified atom stereocenters. The summed E-state index contributed by atoms with van der Waals surface area (Å²) in [5, 5.41) is 8.49. The maximum atomic E-state index is 12.4. The van der Waals surface area contributed by atoms with Crippen molar-refractivity contribution in [2.75, 3.05) is 11.6 Å². The summed E-state index contributed by atoms with van der Waals surface area (Å²) in [5.74, 6) is -1.58. The van der Waals surface area contributed by atoms with Gasteiger partial charge in [0, 0.05) is 6.26 Å². The Morgan fingerprint density at radius 3 is 2.65 bits per heavy atom. The van der Waals surface area contributed by atoms with Crippen LogP contribution < -0.4 is 10.1 Å². The molecule has 0 bridgehead atoms. The summed E-state index contributed by atoms with van der Waals surface area (Å²) >= 11 is 5.90. The van der Waals surface area contributed by atoms with Crippen LogP contribution >= 0.6 is 11.6 Å². The van der Waals surface area contributed by atoms with Crippen molar-refractivity contribution in [1.29, 1.82) is 0 Å². The van der Waals surface area contributed by atoms with Crippen LogP contribution in [-0.4, -0.2) is 32.9 Å². The fourth-order valence-corrected chi connectivity index (χ4v) is 2.90. The molecule has 1 aromatic heterocycles. The quantitative estimate of drug-likeness (QED) is 0.890. The number of halogens is 4. The number of hydrogen-bond acceptors (Lipinski definition) is 6. The number of ether oxygens (including phenoxy) is 1. The highest BCUT2D eigenvalue weighted by Crippen LogP contribution is 2.35. The van der Waals surface area contributed by atoms with E-state index in [9.17, 15) is 22.2 Å². The van der Waals surface area contributed by atoms with Gasteiger partial charge in [-0.1, -0.05) is 16.7 Å². The molecule has 12 heteroatoms. The lowest BCUT2D eigenvalue weighted by Gasteiger charge is -2.14. The van der Waals surface area contributed by atoms with E-state index in [1.165, 1.54) is 0 Å². The lowest BCUT2D eigenvalue weighted by atomic mass is 10.2. The van der Waals surface area contributed by atoms with E-state index in [0.29, 0.717) is 0 Å². The molecule has 0 saturated carbocycles. The highest BCUT2D eigenvalue weighted by atomic mass is 35.5. The Hall–Kier alpha value is -2.14. The number of aromatic nitrogens is 2. The van der Waals surface area contributed by atoms with Crippen LogP contribution in [0.15, 0.2) is 27.8 Å². The van der Waals surface area contributed by atoms with Crippen LogP contribution in [0.5, 0.6) is 5.75 Å². The van der Waals surface area contributed by atoms with E-state index in [-0.39, 0.29) is 11.6 Å². The molecule has 1 N–H and O–H groups in total. The molecule has 7 nitrogen and oxygen atoms in total. The van der Waals surface area contributed by atoms with Gasteiger partial charge in [-0.05, 0) is 12.1 Å². The summed E-state index contributed by atoms with van der Waals surface area (Å²) in [7, 11) is -1.94. The normalized spacial score (nSPS) is 12.7. The molecule has 1 aromatic carbocycles. The van der Waals surface area contributed by atoms with Gasteiger partial charge in [-0.25, -0.2) is 0 Å². The van der Waals surface area contributed by atoms with Gasteiger partial charge >= 0.3 is 12.4 Å². The molecule has 124 valence electrons. The molecule has 23 heavy (non-hydrogen) atoms. The highest BCUT2D eigenvalue weighted by molar-refractivity contribution is 7.84. The van der Waals surface area contributed by atoms with E-state index >= 15 is 0 Å². The largest absolute Gasteiger partial charge is 0.573 e. The van der Waals surface area contributed by atoms with Gasteiger partial charge < -0.3 is 9.15 Å². The van der Waals surface area contributed by atoms with Crippen LogP contribution in [0.2, 0.25) is 5.02 Å². The van der Waals surface area contributed by atoms with Crippen molar-refractivity contribution >= 4 is 34.3 Å². The molecule has 0 aliphatic rings. The minimum atomic E-state index is -5.00. The Balaban J connectivity index is 2.41. The maximum absolute atomic E-state index is 12.4. The Kier molecular flexibility index (Phi) is 4.90. The Morgan fingerprint density at radius 1 is 1.43 bits per heavy atom. The van der Waals surface area contributed by atoms with Crippen LogP contribution in [-0.2, 0) is 10.8 Å². The zero-order valence-corrected chi connectivity index (χ0v) is 12.8. The number of rotatable bonds is 4. The third kappa shape index (κ3) is 4.20. The molecule has 2 aromatic rings. The van der Waals surface area contributed by atoms with Gasteiger partial charge in [0.25, 0.3) is 5.91 Å². The minimum Gasteiger partial charge on any atom is -0.411 e. The minimum absolute atomic E-state index is 0.232. The third-order valence-corrected chi connectivity index (χ3v) is 3.88. The molecule has 0 aliphatic carbocycles. The van der Waals surface area contributed by atoms with E-state index in [0.717, 1.165) is 24.8 Å². The van der Waals surface area contributed by atoms with Crippen molar-refractivity contribution in [3.05, 3.63) is 29.1 Å². The Bertz CT molecular complexity index is 752. The van der Waals surface area contributed by atoms with Gasteiger partial charge in [-0.3, -0.25) is 14.3 Å². The summed E-state index contributed by atoms with van der Waals surface area (Å²) in [5.41, 5.74) is -0.232. The molecule has 0 saturated heterocycles. The predicted molar refractivity (Wildman–Crippen MR) is 72.7 cm³/mol. The first-order chi connectivity index (χ1) is 10.7. The number of nitrogens with zero attached hydrogens (tertiary/aromatic N) is 2. The monoisotopic (exact) mass is 369 g/mol. The van der Waals surface area contributed by atoms with E-state index < -0.39 is 38.7 Å². The Morgan fingerprint density at radius 2 is 2.13 bits per heavy atom. The fraction of sp³-hybridized carbons (Fsp3) is 0.182. The second kappa shape index (κ2) is 6.54. The third-order valence-electron chi connectivity index (χ3n) is 2.40. The molecule has 1 atom stereocenters. The van der Waals surface area contributed by atoms with Crippen molar-refractivity contribution in [3.63, 3.8) is 0 Å². The molecule has 0 spiro atoms. The summed E-state index contributed by atoms with van der Waals surface area (Å²) < 4.78 is 57.2. The number of anilines is 1. The van der Waals surface area contributed by atoms with E-state index in [1.807, 2.05) is 0 Å². The summed E-state index contributed by atoms with van der Waals surface area (Å²) in [6.45, 7) is 0. The van der Waals surface area contributed by atoms with Crippen molar-refractivity contribution in [2.24, 2.45) is 0 Å². The molecule has 2 rings (SSSR count). The molecular weight excluding hydrogens is 363 g/mol. The number of alkyl halides is 3. The highest BCUT2D eigenvalue weighted by Gasteiger charge is 2.34. The average Bonchev–Trinajstić information content (AvgIpc) is 2.89. The van der Waals surface area contributed by atoms with Gasteiger partial charge in [0.15, 0.2) is 0 Å². The number of benzene rings is 1. The maximum Gasteiger partial charge on any atom is 0.573 e. The lowest BCUT2D eigenvalue weighted by molar-refractivity contribution is -0.275. The lowest BCUT2D eigenvalue weighted by Crippen LogP contribution is -2.19. The van der Waals surface area contributed by atoms with E-state index in [2.05, 4.69) is 20.3 Å². The fourth-order valence-electron chi connectivity index (χ4n) is 1.58. The van der Waals surface area contributed by atoms with E-state index in [4.69, 9.17) is 16.0 Å². The van der Waals surface area contributed by atoms with Crippen LogP contribution in [0, 0.1) is 0 Å². The van der Waals surface area contributed by atoms with Crippen molar-refractivity contribution < 1.29 is 31.3 Å². The standard InChI is InChI=1S/C11H7ClF3N3O4S/c1-23(20)8-6(22-11(13,14)15)3-2-5(7(8)12)9(19)17-10-18-16-4-21-10/h2-4H,1H3,(H,17,18,19). The van der Waals surface area contributed by atoms with Crippen LogP contribution in [0.25, 0.3) is 0 Å². The van der Waals surface area contributed by atoms with Gasteiger partial charge in [0.05, 0.1) is 21.4 Å². The van der Waals surface area contributed by atoms with Crippen molar-refractivity contribution in [3.8, 4) is 5.75 Å². The molecular formula is C11H7ClF3N3O4S. The zero-order chi connectivity index (χ0) is 17.2. The van der Waals surface area contributed by atoms with E-state index in [1.54, 1.807) is 0 Å². The number of hydrogen-bond donors (Lipinski definition) is 1. The first kappa shape index (κ1) is 17.2. The summed E-state index contributed by atoms with van der Waals surface area (Å²) in [6, 6.07) is 1.60. The molecule has 1 heterocycles. The molecule has 0 fully saturated rings. The predicted octanol–water partition coefficient (Wildman–Crippen LogP) is 2.61. The van der Waals surface area contributed by atoms with Gasteiger partial charge in [-0.2, -0.15) is 0 Å². The van der Waals surface area contributed by atoms with Crippen LogP contribution in [0.1, 0.15) is 10.4 Å². The number of carbonyl (C=O) groups excluding carboxylic acids is 1. The number of amides is 1. The van der Waals surface area contributed by atoms with Gasteiger partial charge in [0.2, 0.25) is 6.39 Å². The van der Waals surface area contributed by atoms with Gasteiger partial charge in [-0.15, -0.1) is 18.3 Å². The van der Waals surface area contributed by atoms with Crippen molar-refractivity contribution in [1.82, 2.24) is 10.2 Å². The second-order valence-corrected chi connectivity index (χ2v) is 5.65. The first-order valence-corrected chi connectivity index (χ1v) is 7.62. The topological polar surface area (TPSA) is 94.3 Å². The summed E-state index contributed by atoms with van der Waals surface area (Å²) in [4.78, 5) is 11.6. The number of nitrogens with one attached hydrogen (secondary N) is 1. The average molecular weight is 370 g/mol. The van der Waals surface area contributed by atoms with Gasteiger partial charge in [0.1, 0.15) is 10.6 Å². The first-order valence-electron chi connectivity index (χ1n) is 5.68.